The van der Waals surface area contributed by atoms with Crippen molar-refractivity contribution in [2.24, 2.45) is 5.10 Å². The van der Waals surface area contributed by atoms with E-state index in [0.717, 1.165) is 5.56 Å². The number of anilines is 1. The Bertz CT molecular complexity index is 1200. The summed E-state index contributed by atoms with van der Waals surface area (Å²) in [7, 11) is 0. The van der Waals surface area contributed by atoms with Crippen LogP contribution in [0.15, 0.2) is 65.8 Å². The van der Waals surface area contributed by atoms with Gasteiger partial charge in [-0.25, -0.2) is 5.43 Å². The summed E-state index contributed by atoms with van der Waals surface area (Å²) < 4.78 is 5.36. The molecule has 170 valence electrons. The topological polar surface area (TPSA) is 79.8 Å². The van der Waals surface area contributed by atoms with Gasteiger partial charge < -0.3 is 10.1 Å². The molecule has 0 fully saturated rings. The van der Waals surface area contributed by atoms with Crippen molar-refractivity contribution in [3.63, 3.8) is 0 Å². The van der Waals surface area contributed by atoms with Gasteiger partial charge in [-0.1, -0.05) is 58.5 Å². The standard InChI is InChI=1S/C23H17Cl4N3O3/c1-13(29-30-22(31)12-33-21-11-19(26)18(25)10-20(21)27)14-4-8-17(9-5-14)28-23(32)15-2-6-16(24)7-3-15/h2-11H,12H2,1H3,(H,28,32)(H,30,31). The third kappa shape index (κ3) is 7.11. The minimum absolute atomic E-state index is 0.234. The van der Waals surface area contributed by atoms with Crippen molar-refractivity contribution < 1.29 is 14.3 Å². The van der Waals surface area contributed by atoms with Gasteiger partial charge in [0.1, 0.15) is 5.75 Å². The molecule has 0 unspecified atom stereocenters. The van der Waals surface area contributed by atoms with Crippen molar-refractivity contribution in [2.45, 2.75) is 6.92 Å². The van der Waals surface area contributed by atoms with Crippen molar-refractivity contribution in [2.75, 3.05) is 11.9 Å². The molecule has 10 heteroatoms. The first-order chi connectivity index (χ1) is 15.7. The highest BCUT2D eigenvalue weighted by Gasteiger charge is 2.10. The summed E-state index contributed by atoms with van der Waals surface area (Å²) in [6.07, 6.45) is 0. The number of benzene rings is 3. The number of ether oxygens (including phenoxy) is 1. The summed E-state index contributed by atoms with van der Waals surface area (Å²) >= 11 is 23.7. The number of amides is 2. The minimum atomic E-state index is -0.483. The second-order valence-corrected chi connectivity index (χ2v) is 8.41. The zero-order valence-corrected chi connectivity index (χ0v) is 20.2. The Morgan fingerprint density at radius 2 is 1.45 bits per heavy atom. The van der Waals surface area contributed by atoms with Crippen LogP contribution in [-0.4, -0.2) is 24.1 Å². The van der Waals surface area contributed by atoms with Gasteiger partial charge in [0, 0.05) is 22.3 Å². The van der Waals surface area contributed by atoms with E-state index in [0.29, 0.717) is 22.0 Å². The summed E-state index contributed by atoms with van der Waals surface area (Å²) in [5, 5.41) is 8.21. The van der Waals surface area contributed by atoms with Crippen LogP contribution in [0.1, 0.15) is 22.8 Å². The third-order valence-corrected chi connectivity index (χ3v) is 5.62. The number of nitrogens with one attached hydrogen (secondary N) is 2. The fourth-order valence-corrected chi connectivity index (χ4v) is 3.32. The number of hydrogen-bond donors (Lipinski definition) is 2. The van der Waals surface area contributed by atoms with Crippen LogP contribution in [0.4, 0.5) is 5.69 Å². The Morgan fingerprint density at radius 1 is 0.848 bits per heavy atom. The van der Waals surface area contributed by atoms with Gasteiger partial charge in [-0.3, -0.25) is 9.59 Å². The number of carbonyl (C=O) groups is 2. The molecule has 0 aliphatic carbocycles. The molecule has 6 nitrogen and oxygen atoms in total. The highest BCUT2D eigenvalue weighted by Crippen LogP contribution is 2.33. The molecule has 3 rings (SSSR count). The van der Waals surface area contributed by atoms with Gasteiger partial charge in [0.25, 0.3) is 11.8 Å². The van der Waals surface area contributed by atoms with Crippen LogP contribution in [0.3, 0.4) is 0 Å². The Labute approximate surface area is 210 Å². The molecular formula is C23H17Cl4N3O3. The average molecular weight is 525 g/mol. The SMILES string of the molecule is CC(=NNC(=O)COc1cc(Cl)c(Cl)cc1Cl)c1ccc(NC(=O)c2ccc(Cl)cc2)cc1. The van der Waals surface area contributed by atoms with Gasteiger partial charge in [0.05, 0.1) is 20.8 Å². The maximum Gasteiger partial charge on any atom is 0.277 e. The van der Waals surface area contributed by atoms with E-state index in [1.807, 2.05) is 0 Å². The third-order valence-electron chi connectivity index (χ3n) is 4.35. The molecule has 0 heterocycles. The van der Waals surface area contributed by atoms with Crippen LogP contribution < -0.4 is 15.5 Å². The molecule has 0 spiro atoms. The molecule has 0 saturated heterocycles. The van der Waals surface area contributed by atoms with Crippen LogP contribution in [0.5, 0.6) is 5.75 Å². The van der Waals surface area contributed by atoms with Gasteiger partial charge in [0.15, 0.2) is 6.61 Å². The Morgan fingerprint density at radius 3 is 2.12 bits per heavy atom. The van der Waals surface area contributed by atoms with Gasteiger partial charge in [-0.15, -0.1) is 0 Å². The lowest BCUT2D eigenvalue weighted by Crippen LogP contribution is -2.25. The molecule has 0 aromatic heterocycles. The molecule has 3 aromatic carbocycles. The van der Waals surface area contributed by atoms with Crippen molar-refractivity contribution in [3.8, 4) is 5.75 Å². The number of carbonyl (C=O) groups excluding carboxylic acids is 2. The lowest BCUT2D eigenvalue weighted by molar-refractivity contribution is -0.123. The van der Waals surface area contributed by atoms with Crippen LogP contribution in [0.25, 0.3) is 0 Å². The number of nitrogens with zero attached hydrogens (tertiary/aromatic N) is 1. The van der Waals surface area contributed by atoms with Gasteiger partial charge in [0.2, 0.25) is 0 Å². The van der Waals surface area contributed by atoms with Crippen LogP contribution >= 0.6 is 46.4 Å². The van der Waals surface area contributed by atoms with E-state index >= 15 is 0 Å². The molecule has 0 bridgehead atoms. The average Bonchev–Trinajstić information content (AvgIpc) is 2.79. The lowest BCUT2D eigenvalue weighted by atomic mass is 10.1. The van der Waals surface area contributed by atoms with Crippen molar-refractivity contribution in [1.29, 1.82) is 0 Å². The maximum absolute atomic E-state index is 12.3. The van der Waals surface area contributed by atoms with Crippen molar-refractivity contribution in [3.05, 3.63) is 91.9 Å². The summed E-state index contributed by atoms with van der Waals surface area (Å²) in [4.78, 5) is 24.3. The number of halogens is 4. The molecular weight excluding hydrogens is 508 g/mol. The molecule has 0 aliphatic rings. The molecule has 3 aromatic rings. The zero-order chi connectivity index (χ0) is 24.0. The minimum Gasteiger partial charge on any atom is -0.482 e. The summed E-state index contributed by atoms with van der Waals surface area (Å²) in [6.45, 7) is 1.42. The lowest BCUT2D eigenvalue weighted by Gasteiger charge is -2.09. The number of hydrazone groups is 1. The van der Waals surface area contributed by atoms with E-state index in [-0.39, 0.29) is 33.3 Å². The quantitative estimate of drug-likeness (QED) is 0.211. The van der Waals surface area contributed by atoms with E-state index in [4.69, 9.17) is 51.1 Å². The molecule has 0 saturated carbocycles. The molecule has 0 aliphatic heterocycles. The first-order valence-electron chi connectivity index (χ1n) is 9.51. The van der Waals surface area contributed by atoms with E-state index in [1.54, 1.807) is 55.5 Å². The van der Waals surface area contributed by atoms with Gasteiger partial charge >= 0.3 is 0 Å². The summed E-state index contributed by atoms with van der Waals surface area (Å²) in [5.41, 5.74) is 4.84. The first-order valence-corrected chi connectivity index (χ1v) is 11.0. The normalized spacial score (nSPS) is 11.1. The zero-order valence-electron chi connectivity index (χ0n) is 17.2. The second-order valence-electron chi connectivity index (χ2n) is 6.76. The first kappa shape index (κ1) is 24.9. The maximum atomic E-state index is 12.3. The Balaban J connectivity index is 1.53. The molecule has 2 amide bonds. The van der Waals surface area contributed by atoms with E-state index in [9.17, 15) is 9.59 Å². The van der Waals surface area contributed by atoms with E-state index in [1.165, 1.54) is 12.1 Å². The second kappa shape index (κ2) is 11.4. The highest BCUT2D eigenvalue weighted by molar-refractivity contribution is 6.43. The summed E-state index contributed by atoms with van der Waals surface area (Å²) in [5.74, 6) is -0.499. The van der Waals surface area contributed by atoms with Gasteiger partial charge in [-0.2, -0.15) is 5.10 Å². The Hall–Kier alpha value is -2.77. The van der Waals surface area contributed by atoms with Crippen LogP contribution in [0.2, 0.25) is 20.1 Å². The fourth-order valence-electron chi connectivity index (χ4n) is 2.60. The highest BCUT2D eigenvalue weighted by atomic mass is 35.5. The number of rotatable bonds is 7. The monoisotopic (exact) mass is 523 g/mol. The Kier molecular flexibility index (Phi) is 8.58. The molecule has 2 N–H and O–H groups in total. The van der Waals surface area contributed by atoms with Gasteiger partial charge in [-0.05, 0) is 55.0 Å². The fraction of sp³-hybridized carbons (Fsp3) is 0.0870. The molecule has 0 atom stereocenters. The number of hydrogen-bond acceptors (Lipinski definition) is 4. The largest absolute Gasteiger partial charge is 0.482 e. The van der Waals surface area contributed by atoms with E-state index < -0.39 is 5.91 Å². The van der Waals surface area contributed by atoms with Crippen molar-refractivity contribution in [1.82, 2.24) is 5.43 Å². The summed E-state index contributed by atoms with van der Waals surface area (Å²) in [6, 6.07) is 16.5. The molecule has 33 heavy (non-hydrogen) atoms. The predicted molar refractivity (Wildman–Crippen MR) is 133 cm³/mol. The van der Waals surface area contributed by atoms with Crippen LogP contribution in [0, 0.1) is 0 Å². The predicted octanol–water partition coefficient (Wildman–Crippen LogP) is 6.47. The smallest absolute Gasteiger partial charge is 0.277 e. The molecule has 0 radical (unpaired) electrons. The van der Waals surface area contributed by atoms with E-state index in [2.05, 4.69) is 15.8 Å². The van der Waals surface area contributed by atoms with Crippen LogP contribution in [-0.2, 0) is 4.79 Å². The van der Waals surface area contributed by atoms with Crippen molar-refractivity contribution >= 4 is 69.6 Å².